The minimum atomic E-state index is -1.13. The van der Waals surface area contributed by atoms with E-state index in [2.05, 4.69) is 4.74 Å². The number of rotatable bonds is 2. The predicted molar refractivity (Wildman–Crippen MR) is 49.1 cm³/mol. The smallest absolute Gasteiger partial charge is 0.342 e. The molecule has 0 saturated heterocycles. The van der Waals surface area contributed by atoms with Gasteiger partial charge in [-0.25, -0.2) is 9.18 Å². The number of nitrogens with zero attached hydrogens (tertiary/aromatic N) is 2. The summed E-state index contributed by atoms with van der Waals surface area (Å²) in [7, 11) is 0.988. The Morgan fingerprint density at radius 2 is 2.25 bits per heavy atom. The lowest BCUT2D eigenvalue weighted by Crippen LogP contribution is -2.09. The van der Waals surface area contributed by atoms with Gasteiger partial charge in [-0.1, -0.05) is 0 Å². The van der Waals surface area contributed by atoms with Crippen LogP contribution in [-0.4, -0.2) is 18.0 Å². The number of carbonyl (C=O) groups is 1. The van der Waals surface area contributed by atoms with Crippen LogP contribution in [0.1, 0.15) is 15.9 Å². The molecule has 1 rings (SSSR count). The second-order valence-electron chi connectivity index (χ2n) is 2.68. The maximum atomic E-state index is 13.2. The third-order valence-corrected chi connectivity index (χ3v) is 1.83. The highest BCUT2D eigenvalue weighted by Gasteiger charge is 2.26. The average molecular weight is 224 g/mol. The van der Waals surface area contributed by atoms with E-state index in [-0.39, 0.29) is 0 Å². The lowest BCUT2D eigenvalue weighted by atomic mass is 10.1. The number of esters is 1. The molecular formula is C9H5FN2O4. The molecule has 0 bridgehead atoms. The fraction of sp³-hybridized carbons (Fsp3) is 0.111. The Hall–Kier alpha value is -2.49. The van der Waals surface area contributed by atoms with E-state index >= 15 is 0 Å². The van der Waals surface area contributed by atoms with E-state index in [9.17, 15) is 19.3 Å². The molecule has 6 nitrogen and oxygen atoms in total. The molecule has 0 saturated carbocycles. The Balaban J connectivity index is 3.58. The van der Waals surface area contributed by atoms with Crippen molar-refractivity contribution in [3.05, 3.63) is 39.2 Å². The van der Waals surface area contributed by atoms with Crippen molar-refractivity contribution in [3.8, 4) is 6.07 Å². The summed E-state index contributed by atoms with van der Waals surface area (Å²) in [5.41, 5.74) is -2.00. The number of hydrogen-bond acceptors (Lipinski definition) is 5. The van der Waals surface area contributed by atoms with Gasteiger partial charge in [-0.15, -0.1) is 0 Å². The molecule has 0 unspecified atom stereocenters. The van der Waals surface area contributed by atoms with Crippen molar-refractivity contribution in [2.45, 2.75) is 0 Å². The normalized spacial score (nSPS) is 9.31. The molecule has 0 spiro atoms. The Morgan fingerprint density at radius 3 is 2.69 bits per heavy atom. The topological polar surface area (TPSA) is 93.2 Å². The third kappa shape index (κ3) is 1.81. The van der Waals surface area contributed by atoms with Crippen molar-refractivity contribution in [1.29, 1.82) is 5.26 Å². The molecule has 0 aromatic heterocycles. The van der Waals surface area contributed by atoms with Crippen molar-refractivity contribution in [1.82, 2.24) is 0 Å². The molecule has 0 fully saturated rings. The number of benzene rings is 1. The van der Waals surface area contributed by atoms with Crippen molar-refractivity contribution in [3.63, 3.8) is 0 Å². The summed E-state index contributed by atoms with van der Waals surface area (Å²) in [5.74, 6) is -2.16. The summed E-state index contributed by atoms with van der Waals surface area (Å²) in [4.78, 5) is 20.8. The monoisotopic (exact) mass is 224 g/mol. The van der Waals surface area contributed by atoms with E-state index in [1.54, 1.807) is 0 Å². The molecule has 16 heavy (non-hydrogen) atoms. The van der Waals surface area contributed by atoms with Crippen LogP contribution in [0, 0.1) is 27.3 Å². The van der Waals surface area contributed by atoms with Gasteiger partial charge in [0, 0.05) is 6.07 Å². The number of nitro benzene ring substituents is 1. The van der Waals surface area contributed by atoms with E-state index in [4.69, 9.17) is 5.26 Å². The molecule has 0 heterocycles. The van der Waals surface area contributed by atoms with Crippen LogP contribution in [0.5, 0.6) is 0 Å². The Kier molecular flexibility index (Phi) is 3.15. The number of methoxy groups -OCH3 is 1. The first-order chi connectivity index (χ1) is 7.52. The van der Waals surface area contributed by atoms with Gasteiger partial charge >= 0.3 is 5.97 Å². The summed E-state index contributed by atoms with van der Waals surface area (Å²) in [5, 5.41) is 19.2. The third-order valence-electron chi connectivity index (χ3n) is 1.83. The summed E-state index contributed by atoms with van der Waals surface area (Å²) in [6.07, 6.45) is 0. The van der Waals surface area contributed by atoms with Gasteiger partial charge in [-0.3, -0.25) is 10.1 Å². The molecule has 82 valence electrons. The SMILES string of the molecule is COC(=O)c1c(F)ccc([N+](=O)[O-])c1C#N. The lowest BCUT2D eigenvalue weighted by molar-refractivity contribution is -0.385. The Bertz CT molecular complexity index is 507. The van der Waals surface area contributed by atoms with E-state index in [0.717, 1.165) is 19.2 Å². The lowest BCUT2D eigenvalue weighted by Gasteiger charge is -2.03. The second-order valence-corrected chi connectivity index (χ2v) is 2.68. The summed E-state index contributed by atoms with van der Waals surface area (Å²) in [6, 6.07) is 2.98. The van der Waals surface area contributed by atoms with E-state index in [1.807, 2.05) is 0 Å². The molecule has 0 N–H and O–H groups in total. The van der Waals surface area contributed by atoms with Crippen LogP contribution in [0.3, 0.4) is 0 Å². The molecule has 0 amide bonds. The quantitative estimate of drug-likeness (QED) is 0.430. The largest absolute Gasteiger partial charge is 0.465 e. The predicted octanol–water partition coefficient (Wildman–Crippen LogP) is 1.39. The van der Waals surface area contributed by atoms with E-state index in [0.29, 0.717) is 0 Å². The summed E-state index contributed by atoms with van der Waals surface area (Å²) >= 11 is 0. The maximum absolute atomic E-state index is 13.2. The van der Waals surface area contributed by atoms with Crippen LogP contribution in [0.4, 0.5) is 10.1 Å². The molecule has 7 heteroatoms. The van der Waals surface area contributed by atoms with E-state index in [1.165, 1.54) is 6.07 Å². The number of hydrogen-bond donors (Lipinski definition) is 0. The van der Waals surface area contributed by atoms with Gasteiger partial charge in [0.05, 0.1) is 12.0 Å². The minimum Gasteiger partial charge on any atom is -0.465 e. The van der Waals surface area contributed by atoms with Crippen molar-refractivity contribution in [2.24, 2.45) is 0 Å². The van der Waals surface area contributed by atoms with Gasteiger partial charge < -0.3 is 4.74 Å². The van der Waals surface area contributed by atoms with Gasteiger partial charge in [-0.2, -0.15) is 5.26 Å². The van der Waals surface area contributed by atoms with Gasteiger partial charge in [0.15, 0.2) is 0 Å². The van der Waals surface area contributed by atoms with Crippen LogP contribution in [0.15, 0.2) is 12.1 Å². The standard InChI is InChI=1S/C9H5FN2O4/c1-16-9(13)8-5(4-11)7(12(14)15)3-2-6(8)10/h2-3H,1H3. The van der Waals surface area contributed by atoms with Gasteiger partial charge in [0.25, 0.3) is 5.69 Å². The van der Waals surface area contributed by atoms with Crippen molar-refractivity contribution >= 4 is 11.7 Å². The fourth-order valence-electron chi connectivity index (χ4n) is 1.13. The molecule has 0 radical (unpaired) electrons. The number of ether oxygens (including phenoxy) is 1. The number of carbonyl (C=O) groups excluding carboxylic acids is 1. The average Bonchev–Trinajstić information content (AvgIpc) is 2.26. The molecule has 0 aliphatic carbocycles. The van der Waals surface area contributed by atoms with Crippen LogP contribution in [0.2, 0.25) is 0 Å². The summed E-state index contributed by atoms with van der Waals surface area (Å²) < 4.78 is 17.5. The number of nitriles is 1. The molecule has 1 aromatic rings. The zero-order valence-corrected chi connectivity index (χ0v) is 8.06. The van der Waals surface area contributed by atoms with Crippen LogP contribution in [-0.2, 0) is 4.74 Å². The zero-order chi connectivity index (χ0) is 12.3. The van der Waals surface area contributed by atoms with Gasteiger partial charge in [0.1, 0.15) is 23.0 Å². The van der Waals surface area contributed by atoms with Gasteiger partial charge in [-0.05, 0) is 6.07 Å². The van der Waals surface area contributed by atoms with Crippen LogP contribution >= 0.6 is 0 Å². The molecule has 0 aliphatic heterocycles. The molecule has 0 aliphatic rings. The van der Waals surface area contributed by atoms with Crippen molar-refractivity contribution < 1.29 is 18.8 Å². The number of halogens is 1. The first-order valence-electron chi connectivity index (χ1n) is 3.98. The van der Waals surface area contributed by atoms with Crippen LogP contribution in [0.25, 0.3) is 0 Å². The first-order valence-corrected chi connectivity index (χ1v) is 3.98. The minimum absolute atomic E-state index is 0.635. The zero-order valence-electron chi connectivity index (χ0n) is 8.06. The summed E-state index contributed by atoms with van der Waals surface area (Å²) in [6.45, 7) is 0. The molecule has 0 atom stereocenters. The molecular weight excluding hydrogens is 219 g/mol. The second kappa shape index (κ2) is 4.35. The first kappa shape index (κ1) is 11.6. The van der Waals surface area contributed by atoms with Gasteiger partial charge in [0.2, 0.25) is 0 Å². The fourth-order valence-corrected chi connectivity index (χ4v) is 1.13. The number of nitro groups is 1. The van der Waals surface area contributed by atoms with Crippen LogP contribution < -0.4 is 0 Å². The Labute approximate surface area is 89.0 Å². The highest BCUT2D eigenvalue weighted by molar-refractivity contribution is 5.93. The highest BCUT2D eigenvalue weighted by atomic mass is 19.1. The highest BCUT2D eigenvalue weighted by Crippen LogP contribution is 2.24. The molecule has 1 aromatic carbocycles. The Morgan fingerprint density at radius 1 is 1.62 bits per heavy atom. The van der Waals surface area contributed by atoms with Crippen molar-refractivity contribution in [2.75, 3.05) is 7.11 Å². The van der Waals surface area contributed by atoms with E-state index < -0.39 is 33.5 Å². The maximum Gasteiger partial charge on any atom is 0.342 e.